The number of amides is 2. The van der Waals surface area contributed by atoms with Gasteiger partial charge in [-0.1, -0.05) is 54.6 Å². The monoisotopic (exact) mass is 412 g/mol. The summed E-state index contributed by atoms with van der Waals surface area (Å²) in [5.74, 6) is -1.36. The van der Waals surface area contributed by atoms with Crippen molar-refractivity contribution in [2.75, 3.05) is 11.9 Å². The molecule has 3 aromatic rings. The molecule has 0 fully saturated rings. The summed E-state index contributed by atoms with van der Waals surface area (Å²) in [5.41, 5.74) is -0.181. The molecule has 0 aliphatic rings. The molecule has 0 bridgehead atoms. The maximum atomic E-state index is 13.2. The Bertz CT molecular complexity index is 1030. The summed E-state index contributed by atoms with van der Waals surface area (Å²) in [4.78, 5) is 25.1. The number of alkyl halides is 3. The summed E-state index contributed by atoms with van der Waals surface area (Å²) in [5, 5.41) is 5.19. The van der Waals surface area contributed by atoms with E-state index in [1.807, 2.05) is 30.3 Å². The summed E-state index contributed by atoms with van der Waals surface area (Å²) in [6.07, 6.45) is -4.04. The molecule has 30 heavy (non-hydrogen) atoms. The molecular formula is C23H19F3N2O2. The molecule has 0 heterocycles. The van der Waals surface area contributed by atoms with Crippen LogP contribution in [-0.4, -0.2) is 18.4 Å². The Morgan fingerprint density at radius 1 is 0.733 bits per heavy atom. The smallest absolute Gasteiger partial charge is 0.352 e. The van der Waals surface area contributed by atoms with E-state index in [0.717, 1.165) is 17.7 Å². The number of carbonyl (C=O) groups excluding carboxylic acids is 2. The molecule has 3 aromatic carbocycles. The maximum Gasteiger partial charge on any atom is 0.417 e. The van der Waals surface area contributed by atoms with Gasteiger partial charge < -0.3 is 10.6 Å². The average Bonchev–Trinajstić information content (AvgIpc) is 2.74. The standard InChI is InChI=1S/C23H19F3N2O2/c24-23(25,26)19-12-6-4-10-17(19)22(30)28-20-13-7-5-11-18(20)21(29)27-15-14-16-8-2-1-3-9-16/h1-13H,14-15H2,(H,27,29)(H,28,30). The van der Waals surface area contributed by atoms with Crippen LogP contribution in [0.2, 0.25) is 0 Å². The fraction of sp³-hybridized carbons (Fsp3) is 0.130. The molecule has 0 atom stereocenters. The first kappa shape index (κ1) is 21.1. The number of anilines is 1. The second-order valence-electron chi connectivity index (χ2n) is 6.53. The third-order valence-corrected chi connectivity index (χ3v) is 4.44. The van der Waals surface area contributed by atoms with E-state index in [9.17, 15) is 22.8 Å². The van der Waals surface area contributed by atoms with Crippen molar-refractivity contribution in [3.8, 4) is 0 Å². The Hall–Kier alpha value is -3.61. The molecule has 4 nitrogen and oxygen atoms in total. The lowest BCUT2D eigenvalue weighted by atomic mass is 10.1. The van der Waals surface area contributed by atoms with Gasteiger partial charge in [-0.25, -0.2) is 0 Å². The van der Waals surface area contributed by atoms with Crippen molar-refractivity contribution in [3.05, 3.63) is 101 Å². The van der Waals surface area contributed by atoms with Crippen LogP contribution in [0.15, 0.2) is 78.9 Å². The second kappa shape index (κ2) is 9.26. The summed E-state index contributed by atoms with van der Waals surface area (Å²) >= 11 is 0. The van der Waals surface area contributed by atoms with Gasteiger partial charge in [0.1, 0.15) is 0 Å². The van der Waals surface area contributed by atoms with Crippen molar-refractivity contribution < 1.29 is 22.8 Å². The summed E-state index contributed by atoms with van der Waals surface area (Å²) in [6, 6.07) is 20.3. The van der Waals surface area contributed by atoms with Crippen molar-refractivity contribution in [1.82, 2.24) is 5.32 Å². The Balaban J connectivity index is 1.72. The van der Waals surface area contributed by atoms with E-state index < -0.39 is 29.1 Å². The van der Waals surface area contributed by atoms with Crippen LogP contribution < -0.4 is 10.6 Å². The van der Waals surface area contributed by atoms with E-state index in [1.54, 1.807) is 12.1 Å². The molecule has 2 N–H and O–H groups in total. The zero-order chi connectivity index (χ0) is 21.6. The van der Waals surface area contributed by atoms with Crippen LogP contribution in [0.25, 0.3) is 0 Å². The summed E-state index contributed by atoms with van der Waals surface area (Å²) in [7, 11) is 0. The molecule has 0 saturated carbocycles. The number of nitrogens with one attached hydrogen (secondary N) is 2. The van der Waals surface area contributed by atoms with Crippen molar-refractivity contribution in [1.29, 1.82) is 0 Å². The highest BCUT2D eigenvalue weighted by Gasteiger charge is 2.35. The maximum absolute atomic E-state index is 13.2. The van der Waals surface area contributed by atoms with Gasteiger partial charge in [0.2, 0.25) is 0 Å². The Morgan fingerprint density at radius 3 is 2.03 bits per heavy atom. The van der Waals surface area contributed by atoms with Gasteiger partial charge in [-0.05, 0) is 36.2 Å². The minimum absolute atomic E-state index is 0.136. The Labute approximate surface area is 171 Å². The van der Waals surface area contributed by atoms with Crippen LogP contribution in [-0.2, 0) is 12.6 Å². The number of carbonyl (C=O) groups is 2. The van der Waals surface area contributed by atoms with E-state index in [2.05, 4.69) is 10.6 Å². The van der Waals surface area contributed by atoms with E-state index >= 15 is 0 Å². The van der Waals surface area contributed by atoms with E-state index in [1.165, 1.54) is 24.3 Å². The van der Waals surface area contributed by atoms with Crippen LogP contribution in [0, 0.1) is 0 Å². The molecule has 2 amide bonds. The van der Waals surface area contributed by atoms with Crippen LogP contribution in [0.3, 0.4) is 0 Å². The van der Waals surface area contributed by atoms with Crippen molar-refractivity contribution >= 4 is 17.5 Å². The normalized spacial score (nSPS) is 11.0. The zero-order valence-corrected chi connectivity index (χ0v) is 15.9. The predicted molar refractivity (Wildman–Crippen MR) is 108 cm³/mol. The predicted octanol–water partition coefficient (Wildman–Crippen LogP) is 4.93. The van der Waals surface area contributed by atoms with Crippen LogP contribution >= 0.6 is 0 Å². The van der Waals surface area contributed by atoms with Crippen LogP contribution in [0.5, 0.6) is 0 Å². The second-order valence-corrected chi connectivity index (χ2v) is 6.53. The van der Waals surface area contributed by atoms with Crippen LogP contribution in [0.1, 0.15) is 31.8 Å². The largest absolute Gasteiger partial charge is 0.417 e. The Morgan fingerprint density at radius 2 is 1.33 bits per heavy atom. The first-order valence-electron chi connectivity index (χ1n) is 9.25. The molecular weight excluding hydrogens is 393 g/mol. The number of rotatable bonds is 6. The van der Waals surface area contributed by atoms with Gasteiger partial charge in [0.05, 0.1) is 22.4 Å². The van der Waals surface area contributed by atoms with Gasteiger partial charge in [0, 0.05) is 6.54 Å². The van der Waals surface area contributed by atoms with Crippen LogP contribution in [0.4, 0.5) is 18.9 Å². The molecule has 154 valence electrons. The molecule has 0 radical (unpaired) electrons. The van der Waals surface area contributed by atoms with Crippen molar-refractivity contribution in [3.63, 3.8) is 0 Å². The molecule has 0 aromatic heterocycles. The summed E-state index contributed by atoms with van der Waals surface area (Å²) < 4.78 is 39.6. The van der Waals surface area contributed by atoms with Gasteiger partial charge in [0.25, 0.3) is 11.8 Å². The fourth-order valence-electron chi connectivity index (χ4n) is 2.97. The molecule has 0 spiro atoms. The highest BCUT2D eigenvalue weighted by Crippen LogP contribution is 2.32. The third-order valence-electron chi connectivity index (χ3n) is 4.44. The molecule has 3 rings (SSSR count). The fourth-order valence-corrected chi connectivity index (χ4v) is 2.97. The lowest BCUT2D eigenvalue weighted by molar-refractivity contribution is -0.137. The molecule has 0 unspecified atom stereocenters. The summed E-state index contributed by atoms with van der Waals surface area (Å²) in [6.45, 7) is 0.377. The highest BCUT2D eigenvalue weighted by atomic mass is 19.4. The SMILES string of the molecule is O=C(NCCc1ccccc1)c1ccccc1NC(=O)c1ccccc1C(F)(F)F. The van der Waals surface area contributed by atoms with Crippen molar-refractivity contribution in [2.45, 2.75) is 12.6 Å². The van der Waals surface area contributed by atoms with Gasteiger partial charge in [-0.3, -0.25) is 9.59 Å². The molecule has 7 heteroatoms. The van der Waals surface area contributed by atoms with E-state index in [4.69, 9.17) is 0 Å². The minimum Gasteiger partial charge on any atom is -0.352 e. The zero-order valence-electron chi connectivity index (χ0n) is 15.9. The minimum atomic E-state index is -4.66. The average molecular weight is 412 g/mol. The molecule has 0 saturated heterocycles. The van der Waals surface area contributed by atoms with Gasteiger partial charge in [-0.2, -0.15) is 13.2 Å². The first-order chi connectivity index (χ1) is 14.4. The Kier molecular flexibility index (Phi) is 6.51. The first-order valence-corrected chi connectivity index (χ1v) is 9.25. The van der Waals surface area contributed by atoms with Gasteiger partial charge in [0.15, 0.2) is 0 Å². The number of para-hydroxylation sites is 1. The van der Waals surface area contributed by atoms with E-state index in [-0.39, 0.29) is 11.3 Å². The molecule has 0 aliphatic heterocycles. The lowest BCUT2D eigenvalue weighted by Crippen LogP contribution is -2.27. The van der Waals surface area contributed by atoms with E-state index in [0.29, 0.717) is 13.0 Å². The quantitative estimate of drug-likeness (QED) is 0.603. The van der Waals surface area contributed by atoms with Gasteiger partial charge >= 0.3 is 6.18 Å². The number of benzene rings is 3. The highest BCUT2D eigenvalue weighted by molar-refractivity contribution is 6.09. The number of hydrogen-bond acceptors (Lipinski definition) is 2. The van der Waals surface area contributed by atoms with Crippen molar-refractivity contribution in [2.24, 2.45) is 0 Å². The van der Waals surface area contributed by atoms with Gasteiger partial charge in [-0.15, -0.1) is 0 Å². The number of hydrogen-bond donors (Lipinski definition) is 2. The number of halogens is 3. The lowest BCUT2D eigenvalue weighted by Gasteiger charge is -2.14. The third kappa shape index (κ3) is 5.26. The topological polar surface area (TPSA) is 58.2 Å². The molecule has 0 aliphatic carbocycles.